The molecule has 5 rings (SSSR count). The minimum absolute atomic E-state index is 0.113. The molecule has 0 aliphatic heterocycles. The lowest BCUT2D eigenvalue weighted by atomic mass is 9.82. The Hall–Kier alpha value is -8.16. The summed E-state index contributed by atoms with van der Waals surface area (Å²) in [7, 11) is 0. The Labute approximate surface area is 483 Å². The van der Waals surface area contributed by atoms with Crippen molar-refractivity contribution in [2.75, 3.05) is 26.4 Å². The third-order valence-electron chi connectivity index (χ3n) is 14.4. The molecule has 83 heavy (non-hydrogen) atoms. The van der Waals surface area contributed by atoms with E-state index < -0.39 is 71.8 Å². The van der Waals surface area contributed by atoms with Gasteiger partial charge in [0.15, 0.2) is 0 Å². The second-order valence-corrected chi connectivity index (χ2v) is 20.7. The van der Waals surface area contributed by atoms with Crippen LogP contribution < -0.4 is 18.9 Å². The van der Waals surface area contributed by atoms with Gasteiger partial charge in [0.1, 0.15) is 49.4 Å². The third kappa shape index (κ3) is 22.6. The molecule has 20 nitrogen and oxygen atoms in total. The summed E-state index contributed by atoms with van der Waals surface area (Å²) in [5, 5.41) is 0. The lowest BCUT2D eigenvalue weighted by Crippen LogP contribution is -2.31. The monoisotopic (exact) mass is 1150 g/mol. The van der Waals surface area contributed by atoms with Gasteiger partial charge in [-0.1, -0.05) is 37.4 Å². The van der Waals surface area contributed by atoms with E-state index in [0.717, 1.165) is 23.3 Å². The van der Waals surface area contributed by atoms with Gasteiger partial charge >= 0.3 is 59.7 Å². The molecule has 0 bridgehead atoms. The normalized spacial score (nSPS) is 17.2. The molecule has 448 valence electrons. The van der Waals surface area contributed by atoms with Gasteiger partial charge in [0, 0.05) is 12.2 Å². The van der Waals surface area contributed by atoms with Crippen LogP contribution in [-0.2, 0) is 89.2 Å². The Kier molecular flexibility index (Phi) is 26.6. The van der Waals surface area contributed by atoms with Crippen LogP contribution in [0.5, 0.6) is 23.0 Å². The molecule has 0 saturated heterocycles. The number of rotatable bonds is 30. The second kappa shape index (κ2) is 33.7. The standard InChI is InChI=1S/C63H76O20/c1-8-53(64)74-34-36-76-55(66)30-32-57(68)78-40(4)10-12-44-14-26-50(27-15-44)80-60(70)46-18-22-48(23-19-46)62(72)82-52-38-39(3)59(43(7)42(52)6)83-63(73)49-24-20-47(21-25-49)61(71)81-51-28-16-45(17-29-51)13-11-41(5)79-58(69)33-31-56(67)77-37-35-75-54(65)9-2/h8-9,14-17,26-29,38,40-41,46-49H,1-2,10-13,18-25,30-37H2,3-7H3/t40?,41?,46-,47-,48-,49-. The van der Waals surface area contributed by atoms with E-state index in [2.05, 4.69) is 13.2 Å². The molecule has 2 fully saturated rings. The van der Waals surface area contributed by atoms with Crippen molar-refractivity contribution in [1.29, 1.82) is 0 Å². The minimum atomic E-state index is -0.628. The van der Waals surface area contributed by atoms with Gasteiger partial charge in [0.25, 0.3) is 0 Å². The van der Waals surface area contributed by atoms with Gasteiger partial charge in [-0.3, -0.25) is 38.4 Å². The fourth-order valence-electron chi connectivity index (χ4n) is 9.33. The number of hydrogen-bond acceptors (Lipinski definition) is 20. The zero-order chi connectivity index (χ0) is 60.4. The van der Waals surface area contributed by atoms with Crippen LogP contribution in [0.1, 0.15) is 132 Å². The predicted octanol–water partition coefficient (Wildman–Crippen LogP) is 9.08. The van der Waals surface area contributed by atoms with E-state index in [-0.39, 0.29) is 75.9 Å². The molecule has 0 heterocycles. The van der Waals surface area contributed by atoms with E-state index in [4.69, 9.17) is 47.4 Å². The van der Waals surface area contributed by atoms with Gasteiger partial charge in [0.2, 0.25) is 0 Å². The van der Waals surface area contributed by atoms with Crippen LogP contribution in [0.3, 0.4) is 0 Å². The second-order valence-electron chi connectivity index (χ2n) is 20.7. The Bertz CT molecular complexity index is 2760. The van der Waals surface area contributed by atoms with Crippen molar-refractivity contribution in [2.45, 2.75) is 150 Å². The van der Waals surface area contributed by atoms with Gasteiger partial charge in [-0.05, 0) is 170 Å². The number of carbonyl (C=O) groups excluding carboxylic acids is 10. The van der Waals surface area contributed by atoms with E-state index in [9.17, 15) is 47.9 Å². The lowest BCUT2D eigenvalue weighted by molar-refractivity contribution is -0.154. The Morgan fingerprint density at radius 3 is 1.17 bits per heavy atom. The molecule has 0 amide bonds. The topological polar surface area (TPSA) is 263 Å². The van der Waals surface area contributed by atoms with E-state index >= 15 is 0 Å². The van der Waals surface area contributed by atoms with Crippen LogP contribution in [0.25, 0.3) is 0 Å². The zero-order valence-electron chi connectivity index (χ0n) is 48.0. The Morgan fingerprint density at radius 2 is 0.795 bits per heavy atom. The molecule has 0 radical (unpaired) electrons. The van der Waals surface area contributed by atoms with Crippen LogP contribution >= 0.6 is 0 Å². The molecule has 2 aliphatic carbocycles. The summed E-state index contributed by atoms with van der Waals surface area (Å²) in [6, 6.07) is 15.8. The number of carbonyl (C=O) groups is 10. The summed E-state index contributed by atoms with van der Waals surface area (Å²) < 4.78 is 53.4. The Morgan fingerprint density at radius 1 is 0.458 bits per heavy atom. The first kappa shape index (κ1) is 65.6. The molecule has 2 atom stereocenters. The van der Waals surface area contributed by atoms with Crippen LogP contribution in [0.15, 0.2) is 79.9 Å². The highest BCUT2D eigenvalue weighted by Crippen LogP contribution is 2.38. The van der Waals surface area contributed by atoms with E-state index in [1.165, 1.54) is 0 Å². The maximum Gasteiger partial charge on any atom is 0.330 e. The van der Waals surface area contributed by atoms with Crippen molar-refractivity contribution in [3.8, 4) is 23.0 Å². The smallest absolute Gasteiger partial charge is 0.330 e. The summed E-state index contributed by atoms with van der Waals surface area (Å²) in [6.07, 6.45) is 6.29. The van der Waals surface area contributed by atoms with Crippen molar-refractivity contribution in [3.63, 3.8) is 0 Å². The molecular weight excluding hydrogens is 1080 g/mol. The molecule has 0 spiro atoms. The van der Waals surface area contributed by atoms with E-state index in [1.54, 1.807) is 65.0 Å². The molecule has 2 aliphatic rings. The van der Waals surface area contributed by atoms with Crippen LogP contribution in [0.2, 0.25) is 0 Å². The maximum absolute atomic E-state index is 13.5. The number of ether oxygens (including phenoxy) is 10. The molecule has 3 aromatic rings. The van der Waals surface area contributed by atoms with Gasteiger partial charge in [-0.25, -0.2) is 9.59 Å². The highest BCUT2D eigenvalue weighted by atomic mass is 16.6. The fourth-order valence-corrected chi connectivity index (χ4v) is 9.33. The summed E-state index contributed by atoms with van der Waals surface area (Å²) in [5.74, 6) is -5.19. The molecule has 3 aromatic carbocycles. The molecular formula is C63H76O20. The number of hydrogen-bond donors (Lipinski definition) is 0. The van der Waals surface area contributed by atoms with Crippen LogP contribution in [0, 0.1) is 44.4 Å². The number of esters is 10. The van der Waals surface area contributed by atoms with E-state index in [1.807, 2.05) is 24.3 Å². The minimum Gasteiger partial charge on any atom is -0.463 e. The van der Waals surface area contributed by atoms with Gasteiger partial charge < -0.3 is 47.4 Å². The third-order valence-corrected chi connectivity index (χ3v) is 14.4. The molecule has 2 unspecified atom stereocenters. The van der Waals surface area contributed by atoms with Crippen molar-refractivity contribution in [1.82, 2.24) is 0 Å². The summed E-state index contributed by atoms with van der Waals surface area (Å²) in [5.41, 5.74) is 3.81. The first-order chi connectivity index (χ1) is 39.7. The summed E-state index contributed by atoms with van der Waals surface area (Å²) >= 11 is 0. The van der Waals surface area contributed by atoms with Crippen molar-refractivity contribution in [2.24, 2.45) is 23.7 Å². The van der Waals surface area contributed by atoms with Gasteiger partial charge in [-0.15, -0.1) is 0 Å². The first-order valence-electron chi connectivity index (χ1n) is 28.2. The highest BCUT2D eigenvalue weighted by Gasteiger charge is 2.35. The largest absolute Gasteiger partial charge is 0.463 e. The van der Waals surface area contributed by atoms with Crippen LogP contribution in [0.4, 0.5) is 0 Å². The first-order valence-corrected chi connectivity index (χ1v) is 28.2. The quantitative estimate of drug-likeness (QED) is 0.0198. The number of aryl methyl sites for hydroxylation is 3. The SMILES string of the molecule is C=CC(=O)OCCOC(=O)CCC(=O)OC(C)CCc1ccc(OC(=O)[C@H]2CC[C@H](C(=O)Oc3cc(C)c(OC(=O)[C@H]4CC[C@H](C(=O)Oc5ccc(CCC(C)OC(=O)CCC(=O)OCCOC(=O)C=C)cc5)CC4)c(C)c3C)CC2)cc1. The predicted molar refractivity (Wildman–Crippen MR) is 297 cm³/mol. The van der Waals surface area contributed by atoms with Crippen molar-refractivity contribution in [3.05, 3.63) is 108 Å². The average molecular weight is 1150 g/mol. The molecule has 2 saturated carbocycles. The summed E-state index contributed by atoms with van der Waals surface area (Å²) in [4.78, 5) is 124. The molecule has 0 N–H and O–H groups in total. The molecule has 0 aromatic heterocycles. The number of benzene rings is 3. The van der Waals surface area contributed by atoms with Crippen molar-refractivity contribution < 1.29 is 95.3 Å². The van der Waals surface area contributed by atoms with Crippen molar-refractivity contribution >= 4 is 59.7 Å². The maximum atomic E-state index is 13.5. The highest BCUT2D eigenvalue weighted by molar-refractivity contribution is 5.83. The zero-order valence-corrected chi connectivity index (χ0v) is 48.0. The average Bonchev–Trinajstić information content (AvgIpc) is 3.67. The fraction of sp³-hybridized carbons (Fsp3) is 0.492. The lowest BCUT2D eigenvalue weighted by Gasteiger charge is -2.27. The van der Waals surface area contributed by atoms with E-state index in [0.29, 0.717) is 117 Å². The van der Waals surface area contributed by atoms with Crippen LogP contribution in [-0.4, -0.2) is 98.3 Å². The van der Waals surface area contributed by atoms with Gasteiger partial charge in [-0.2, -0.15) is 0 Å². The summed E-state index contributed by atoms with van der Waals surface area (Å²) in [6.45, 7) is 15.0. The Balaban J connectivity index is 0.955. The van der Waals surface area contributed by atoms with Gasteiger partial charge in [0.05, 0.1) is 61.6 Å². The molecule has 20 heteroatoms.